The van der Waals surface area contributed by atoms with Crippen molar-refractivity contribution in [3.05, 3.63) is 71.0 Å². The molecule has 0 spiro atoms. The second-order valence-electron chi connectivity index (χ2n) is 10.8. The summed E-state index contributed by atoms with van der Waals surface area (Å²) in [5, 5.41) is 16.5. The largest absolute Gasteiger partial charge is 0.383 e. The molecule has 1 heterocycles. The molecule has 1 fully saturated rings. The summed E-state index contributed by atoms with van der Waals surface area (Å²) < 4.78 is 7.14. The molecule has 0 amide bonds. The minimum atomic E-state index is -0.606. The molecule has 1 aliphatic rings. The highest BCUT2D eigenvalue weighted by molar-refractivity contribution is 5.52. The van der Waals surface area contributed by atoms with Gasteiger partial charge < -0.3 is 10.1 Å². The van der Waals surface area contributed by atoms with Crippen LogP contribution in [0.15, 0.2) is 48.5 Å². The van der Waals surface area contributed by atoms with Gasteiger partial charge in [0.2, 0.25) is 0 Å². The van der Waals surface area contributed by atoms with Crippen LogP contribution in [0, 0.1) is 0 Å². The van der Waals surface area contributed by atoms with Crippen LogP contribution in [0.1, 0.15) is 88.2 Å². The van der Waals surface area contributed by atoms with Crippen LogP contribution < -0.4 is 5.32 Å². The van der Waals surface area contributed by atoms with Crippen molar-refractivity contribution in [3.63, 3.8) is 0 Å². The van der Waals surface area contributed by atoms with E-state index in [9.17, 15) is 0 Å². The molecule has 3 aromatic rings. The summed E-state index contributed by atoms with van der Waals surface area (Å²) in [5.41, 5.74) is 4.43. The van der Waals surface area contributed by atoms with E-state index in [1.165, 1.54) is 43.2 Å². The third kappa shape index (κ3) is 5.33. The van der Waals surface area contributed by atoms with Gasteiger partial charge in [0.25, 0.3) is 0 Å². The van der Waals surface area contributed by atoms with E-state index in [4.69, 9.17) is 4.74 Å². The number of rotatable bonds is 8. The predicted molar refractivity (Wildman–Crippen MR) is 137 cm³/mol. The van der Waals surface area contributed by atoms with E-state index in [2.05, 4.69) is 97.1 Å². The summed E-state index contributed by atoms with van der Waals surface area (Å²) >= 11 is 0. The first-order valence-corrected chi connectivity index (χ1v) is 12.6. The van der Waals surface area contributed by atoms with E-state index in [0.717, 1.165) is 17.1 Å². The summed E-state index contributed by atoms with van der Waals surface area (Å²) in [6.45, 7) is 10.0. The monoisotopic (exact) mass is 461 g/mol. The van der Waals surface area contributed by atoms with Crippen LogP contribution in [0.4, 0.5) is 5.69 Å². The van der Waals surface area contributed by atoms with Crippen molar-refractivity contribution in [2.45, 2.75) is 83.2 Å². The van der Waals surface area contributed by atoms with Gasteiger partial charge in [-0.3, -0.25) is 0 Å². The van der Waals surface area contributed by atoms with Gasteiger partial charge in [0.05, 0.1) is 13.2 Å². The minimum absolute atomic E-state index is 0.112. The van der Waals surface area contributed by atoms with E-state index < -0.39 is 5.54 Å². The van der Waals surface area contributed by atoms with E-state index in [-0.39, 0.29) is 5.41 Å². The Morgan fingerprint density at radius 2 is 1.56 bits per heavy atom. The fraction of sp³-hybridized carbons (Fsp3) is 0.536. The number of tetrazole rings is 1. The molecule has 182 valence electrons. The first kappa shape index (κ1) is 24.4. The zero-order chi connectivity index (χ0) is 24.2. The lowest BCUT2D eigenvalue weighted by Crippen LogP contribution is -2.37. The lowest BCUT2D eigenvalue weighted by atomic mass is 9.82. The Hall–Kier alpha value is -2.73. The first-order chi connectivity index (χ1) is 16.3. The number of anilines is 1. The number of ether oxygens (including phenoxy) is 1. The average molecular weight is 462 g/mol. The van der Waals surface area contributed by atoms with Gasteiger partial charge in [-0.25, -0.2) is 4.68 Å². The Bertz CT molecular complexity index is 1050. The van der Waals surface area contributed by atoms with Crippen molar-refractivity contribution in [1.82, 2.24) is 20.2 Å². The minimum Gasteiger partial charge on any atom is -0.383 e. The Balaban J connectivity index is 1.69. The van der Waals surface area contributed by atoms with Crippen molar-refractivity contribution in [3.8, 4) is 0 Å². The lowest BCUT2D eigenvalue weighted by Gasteiger charge is -2.32. The molecule has 2 aromatic carbocycles. The molecule has 0 radical (unpaired) electrons. The maximum absolute atomic E-state index is 5.30. The van der Waals surface area contributed by atoms with Gasteiger partial charge in [0, 0.05) is 12.8 Å². The van der Waals surface area contributed by atoms with E-state index >= 15 is 0 Å². The molecule has 1 atom stereocenters. The molecule has 1 aliphatic carbocycles. The maximum atomic E-state index is 5.30. The van der Waals surface area contributed by atoms with Crippen molar-refractivity contribution in [2.75, 3.05) is 19.0 Å². The third-order valence-corrected chi connectivity index (χ3v) is 7.20. The summed E-state index contributed by atoms with van der Waals surface area (Å²) in [5.74, 6) is 1.45. The van der Waals surface area contributed by atoms with Crippen molar-refractivity contribution >= 4 is 5.69 Å². The molecule has 1 aromatic heterocycles. The highest BCUT2D eigenvalue weighted by Crippen LogP contribution is 2.36. The number of benzene rings is 2. The average Bonchev–Trinajstić information content (AvgIpc) is 3.32. The van der Waals surface area contributed by atoms with Crippen LogP contribution in [0.3, 0.4) is 0 Å². The maximum Gasteiger partial charge on any atom is 0.181 e. The molecule has 34 heavy (non-hydrogen) atoms. The number of nitrogens with one attached hydrogen (secondary N) is 1. The SMILES string of the molecule is COCCn1nnnc1C(C)(Nc1ccc(C(C)(C)C)cc1)c1ccc(C2CCCCC2)cc1. The molecule has 6 nitrogen and oxygen atoms in total. The van der Waals surface area contributed by atoms with Crippen LogP contribution >= 0.6 is 0 Å². The molecular formula is C28H39N5O. The van der Waals surface area contributed by atoms with Gasteiger partial charge in [0.15, 0.2) is 5.82 Å². The highest BCUT2D eigenvalue weighted by atomic mass is 16.5. The van der Waals surface area contributed by atoms with Gasteiger partial charge >= 0.3 is 0 Å². The lowest BCUT2D eigenvalue weighted by molar-refractivity contribution is 0.180. The number of hydrogen-bond donors (Lipinski definition) is 1. The summed E-state index contributed by atoms with van der Waals surface area (Å²) in [6, 6.07) is 17.8. The van der Waals surface area contributed by atoms with Gasteiger partial charge in [-0.2, -0.15) is 0 Å². The number of aromatic nitrogens is 4. The molecule has 1 N–H and O–H groups in total. The number of nitrogens with zero attached hydrogens (tertiary/aromatic N) is 4. The van der Waals surface area contributed by atoms with Gasteiger partial charge in [0.1, 0.15) is 5.54 Å². The fourth-order valence-electron chi connectivity index (χ4n) is 5.02. The summed E-state index contributed by atoms with van der Waals surface area (Å²) in [6.07, 6.45) is 6.64. The van der Waals surface area contributed by atoms with Crippen molar-refractivity contribution < 1.29 is 4.74 Å². The molecule has 1 unspecified atom stereocenters. The standard InChI is InChI=1S/C28H39N5O/c1-27(2,3)23-15-17-25(18-16-23)29-28(4,26-30-31-32-33(26)19-20-34-5)24-13-11-22(12-14-24)21-9-7-6-8-10-21/h11-18,21,29H,6-10,19-20H2,1-5H3. The molecule has 6 heteroatoms. The van der Waals surface area contributed by atoms with Gasteiger partial charge in [-0.1, -0.05) is 76.4 Å². The zero-order valence-electron chi connectivity index (χ0n) is 21.3. The zero-order valence-corrected chi connectivity index (χ0v) is 21.3. The number of methoxy groups -OCH3 is 1. The Kier molecular flexibility index (Phi) is 7.36. The second kappa shape index (κ2) is 10.3. The van der Waals surface area contributed by atoms with Crippen LogP contribution in [0.5, 0.6) is 0 Å². The topological polar surface area (TPSA) is 64.9 Å². The quantitative estimate of drug-likeness (QED) is 0.443. The second-order valence-corrected chi connectivity index (χ2v) is 10.8. The van der Waals surface area contributed by atoms with Crippen LogP contribution in [0.25, 0.3) is 0 Å². The normalized spacial score (nSPS) is 16.9. The van der Waals surface area contributed by atoms with E-state index in [1.807, 2.05) is 4.68 Å². The first-order valence-electron chi connectivity index (χ1n) is 12.6. The van der Waals surface area contributed by atoms with E-state index in [1.54, 1.807) is 7.11 Å². The number of hydrogen-bond acceptors (Lipinski definition) is 5. The predicted octanol–water partition coefficient (Wildman–Crippen LogP) is 6.04. The summed E-state index contributed by atoms with van der Waals surface area (Å²) in [4.78, 5) is 0. The van der Waals surface area contributed by atoms with Gasteiger partial charge in [-0.05, 0) is 70.3 Å². The molecule has 4 rings (SSSR count). The molecule has 0 bridgehead atoms. The highest BCUT2D eigenvalue weighted by Gasteiger charge is 2.35. The Morgan fingerprint density at radius 1 is 0.912 bits per heavy atom. The van der Waals surface area contributed by atoms with Crippen LogP contribution in [-0.2, 0) is 22.2 Å². The smallest absolute Gasteiger partial charge is 0.181 e. The van der Waals surface area contributed by atoms with Crippen molar-refractivity contribution in [2.24, 2.45) is 0 Å². The molecule has 0 saturated heterocycles. The Morgan fingerprint density at radius 3 is 2.18 bits per heavy atom. The van der Waals surface area contributed by atoms with E-state index in [0.29, 0.717) is 19.1 Å². The third-order valence-electron chi connectivity index (χ3n) is 7.20. The fourth-order valence-corrected chi connectivity index (χ4v) is 5.02. The molecular weight excluding hydrogens is 422 g/mol. The molecule has 1 saturated carbocycles. The van der Waals surface area contributed by atoms with Gasteiger partial charge in [-0.15, -0.1) is 5.10 Å². The van der Waals surface area contributed by atoms with Crippen molar-refractivity contribution in [1.29, 1.82) is 0 Å². The Labute approximate surface area is 204 Å². The molecule has 0 aliphatic heterocycles. The van der Waals surface area contributed by atoms with Crippen LogP contribution in [0.2, 0.25) is 0 Å². The summed E-state index contributed by atoms with van der Waals surface area (Å²) in [7, 11) is 1.70. The van der Waals surface area contributed by atoms with Crippen LogP contribution in [-0.4, -0.2) is 33.9 Å².